The van der Waals surface area contributed by atoms with E-state index in [9.17, 15) is 4.79 Å². The summed E-state index contributed by atoms with van der Waals surface area (Å²) in [4.78, 5) is 16.4. The molecule has 1 amide bonds. The summed E-state index contributed by atoms with van der Waals surface area (Å²) in [6.45, 7) is 0.618. The fourth-order valence-corrected chi connectivity index (χ4v) is 1.60. The first kappa shape index (κ1) is 9.65. The molecule has 1 aromatic heterocycles. The molecule has 0 bridgehead atoms. The van der Waals surface area contributed by atoms with Gasteiger partial charge in [-0.15, -0.1) is 0 Å². The van der Waals surface area contributed by atoms with Crippen molar-refractivity contribution in [2.45, 2.75) is 6.54 Å². The van der Waals surface area contributed by atoms with Crippen molar-refractivity contribution in [1.82, 2.24) is 9.88 Å². The number of carbonyl (C=O) groups is 1. The molecule has 15 heavy (non-hydrogen) atoms. The van der Waals surface area contributed by atoms with Gasteiger partial charge in [0, 0.05) is 25.2 Å². The molecule has 76 valence electrons. The van der Waals surface area contributed by atoms with E-state index in [-0.39, 0.29) is 0 Å². The third-order valence-electron chi connectivity index (χ3n) is 2.34. The molecule has 1 aromatic carbocycles. The number of fused-ring (bicyclic) bond motifs is 1. The lowest BCUT2D eigenvalue weighted by molar-refractivity contribution is -0.117. The number of benzene rings is 1. The Hall–Kier alpha value is -1.90. The Balaban J connectivity index is 2.46. The highest BCUT2D eigenvalue weighted by molar-refractivity contribution is 5.81. The van der Waals surface area contributed by atoms with Crippen molar-refractivity contribution in [2.75, 3.05) is 7.05 Å². The summed E-state index contributed by atoms with van der Waals surface area (Å²) in [7, 11) is 1.77. The zero-order valence-electron chi connectivity index (χ0n) is 8.55. The largest absolute Gasteiger partial charge is 0.344 e. The smallest absolute Gasteiger partial charge is 0.209 e. The van der Waals surface area contributed by atoms with Crippen molar-refractivity contribution in [3.8, 4) is 0 Å². The SMILES string of the molecule is CN(C=O)Cc1ccnc2ccccc12. The monoisotopic (exact) mass is 200 g/mol. The topological polar surface area (TPSA) is 33.2 Å². The standard InChI is InChI=1S/C12H12N2O/c1-14(9-15)8-10-6-7-13-12-5-3-2-4-11(10)12/h2-7,9H,8H2,1H3. The van der Waals surface area contributed by atoms with Gasteiger partial charge in [-0.3, -0.25) is 9.78 Å². The number of nitrogens with zero attached hydrogens (tertiary/aromatic N) is 2. The lowest BCUT2D eigenvalue weighted by Crippen LogP contribution is -2.15. The summed E-state index contributed by atoms with van der Waals surface area (Å²) in [6, 6.07) is 9.88. The predicted molar refractivity (Wildman–Crippen MR) is 59.3 cm³/mol. The fourth-order valence-electron chi connectivity index (χ4n) is 1.60. The third kappa shape index (κ3) is 1.96. The molecule has 0 N–H and O–H groups in total. The van der Waals surface area contributed by atoms with Crippen LogP contribution in [0.4, 0.5) is 0 Å². The molecule has 0 radical (unpaired) electrons. The number of amides is 1. The summed E-state index contributed by atoms with van der Waals surface area (Å²) in [5, 5.41) is 1.11. The Kier molecular flexibility index (Phi) is 2.63. The number of hydrogen-bond donors (Lipinski definition) is 0. The lowest BCUT2D eigenvalue weighted by atomic mass is 10.1. The van der Waals surface area contributed by atoms with Gasteiger partial charge in [0.05, 0.1) is 5.52 Å². The van der Waals surface area contributed by atoms with Gasteiger partial charge in [0.1, 0.15) is 0 Å². The highest BCUT2D eigenvalue weighted by Gasteiger charge is 2.02. The number of carbonyl (C=O) groups excluding carboxylic acids is 1. The van der Waals surface area contributed by atoms with Crippen LogP contribution in [0.25, 0.3) is 10.9 Å². The Labute approximate surface area is 88.3 Å². The van der Waals surface area contributed by atoms with E-state index in [1.165, 1.54) is 0 Å². The van der Waals surface area contributed by atoms with Crippen LogP contribution in [0.3, 0.4) is 0 Å². The van der Waals surface area contributed by atoms with E-state index in [0.717, 1.165) is 22.9 Å². The van der Waals surface area contributed by atoms with Crippen LogP contribution in [0.15, 0.2) is 36.5 Å². The van der Waals surface area contributed by atoms with Gasteiger partial charge < -0.3 is 4.90 Å². The highest BCUT2D eigenvalue weighted by Crippen LogP contribution is 2.16. The second-order valence-electron chi connectivity index (χ2n) is 3.51. The van der Waals surface area contributed by atoms with E-state index < -0.39 is 0 Å². The molecule has 1 heterocycles. The van der Waals surface area contributed by atoms with Crippen LogP contribution in [-0.4, -0.2) is 23.3 Å². The molecule has 0 unspecified atom stereocenters. The molecule has 3 nitrogen and oxygen atoms in total. The zero-order valence-corrected chi connectivity index (χ0v) is 8.55. The molecule has 0 saturated heterocycles. The maximum absolute atomic E-state index is 10.6. The fraction of sp³-hybridized carbons (Fsp3) is 0.167. The zero-order chi connectivity index (χ0) is 10.7. The maximum Gasteiger partial charge on any atom is 0.209 e. The molecule has 0 aliphatic rings. The second-order valence-corrected chi connectivity index (χ2v) is 3.51. The highest BCUT2D eigenvalue weighted by atomic mass is 16.1. The van der Waals surface area contributed by atoms with Gasteiger partial charge in [0.25, 0.3) is 0 Å². The van der Waals surface area contributed by atoms with E-state index in [4.69, 9.17) is 0 Å². The third-order valence-corrected chi connectivity index (χ3v) is 2.34. The first-order chi connectivity index (χ1) is 7.31. The van der Waals surface area contributed by atoms with Crippen molar-refractivity contribution in [3.05, 3.63) is 42.1 Å². The maximum atomic E-state index is 10.6. The van der Waals surface area contributed by atoms with E-state index >= 15 is 0 Å². The number of rotatable bonds is 3. The van der Waals surface area contributed by atoms with Crippen LogP contribution < -0.4 is 0 Å². The number of aromatic nitrogens is 1. The molecule has 0 spiro atoms. The average molecular weight is 200 g/mol. The van der Waals surface area contributed by atoms with E-state index in [1.807, 2.05) is 30.3 Å². The van der Waals surface area contributed by atoms with Crippen LogP contribution in [0, 0.1) is 0 Å². The van der Waals surface area contributed by atoms with E-state index in [2.05, 4.69) is 4.98 Å². The molecular weight excluding hydrogens is 188 g/mol. The minimum Gasteiger partial charge on any atom is -0.344 e. The minimum absolute atomic E-state index is 0.618. The van der Waals surface area contributed by atoms with Crippen molar-refractivity contribution in [2.24, 2.45) is 0 Å². The summed E-state index contributed by atoms with van der Waals surface area (Å²) in [6.07, 6.45) is 2.60. The van der Waals surface area contributed by atoms with Crippen LogP contribution in [-0.2, 0) is 11.3 Å². The molecule has 3 heteroatoms. The summed E-state index contributed by atoms with van der Waals surface area (Å²) in [5.41, 5.74) is 2.09. The second kappa shape index (κ2) is 4.09. The van der Waals surface area contributed by atoms with Crippen molar-refractivity contribution < 1.29 is 4.79 Å². The molecule has 0 fully saturated rings. The van der Waals surface area contributed by atoms with Gasteiger partial charge in [0.15, 0.2) is 0 Å². The van der Waals surface area contributed by atoms with E-state index in [1.54, 1.807) is 18.1 Å². The van der Waals surface area contributed by atoms with Gasteiger partial charge >= 0.3 is 0 Å². The van der Waals surface area contributed by atoms with Crippen molar-refractivity contribution in [1.29, 1.82) is 0 Å². The minimum atomic E-state index is 0.618. The van der Waals surface area contributed by atoms with Gasteiger partial charge in [-0.2, -0.15) is 0 Å². The molecule has 0 aliphatic heterocycles. The van der Waals surface area contributed by atoms with Crippen molar-refractivity contribution >= 4 is 17.3 Å². The molecule has 0 saturated carbocycles. The van der Waals surface area contributed by atoms with E-state index in [0.29, 0.717) is 6.54 Å². The number of hydrogen-bond acceptors (Lipinski definition) is 2. The van der Waals surface area contributed by atoms with Crippen LogP contribution in [0.2, 0.25) is 0 Å². The molecule has 0 aliphatic carbocycles. The molecule has 0 atom stereocenters. The van der Waals surface area contributed by atoms with Crippen LogP contribution >= 0.6 is 0 Å². The van der Waals surface area contributed by atoms with Gasteiger partial charge in [0.2, 0.25) is 6.41 Å². The quantitative estimate of drug-likeness (QED) is 0.708. The predicted octanol–water partition coefficient (Wildman–Crippen LogP) is 1.82. The Morgan fingerprint density at radius 1 is 1.33 bits per heavy atom. The summed E-state index contributed by atoms with van der Waals surface area (Å²) < 4.78 is 0. The average Bonchev–Trinajstić information content (AvgIpc) is 2.29. The van der Waals surface area contributed by atoms with Crippen molar-refractivity contribution in [3.63, 3.8) is 0 Å². The number of para-hydroxylation sites is 1. The van der Waals surface area contributed by atoms with Gasteiger partial charge in [-0.05, 0) is 17.7 Å². The first-order valence-electron chi connectivity index (χ1n) is 4.79. The first-order valence-corrected chi connectivity index (χ1v) is 4.79. The Bertz CT molecular complexity index is 477. The van der Waals surface area contributed by atoms with Crippen LogP contribution in [0.1, 0.15) is 5.56 Å². The molecule has 2 aromatic rings. The molecule has 2 rings (SSSR count). The Morgan fingerprint density at radius 3 is 2.93 bits per heavy atom. The summed E-state index contributed by atoms with van der Waals surface area (Å²) in [5.74, 6) is 0. The lowest BCUT2D eigenvalue weighted by Gasteiger charge is -2.12. The van der Waals surface area contributed by atoms with Gasteiger partial charge in [-0.1, -0.05) is 18.2 Å². The number of pyridine rings is 1. The molecular formula is C12H12N2O. The Morgan fingerprint density at radius 2 is 2.13 bits per heavy atom. The van der Waals surface area contributed by atoms with Gasteiger partial charge in [-0.25, -0.2) is 0 Å². The normalized spacial score (nSPS) is 10.2. The summed E-state index contributed by atoms with van der Waals surface area (Å²) >= 11 is 0. The van der Waals surface area contributed by atoms with Crippen LogP contribution in [0.5, 0.6) is 0 Å².